The summed E-state index contributed by atoms with van der Waals surface area (Å²) in [5.41, 5.74) is 5.62. The van der Waals surface area contributed by atoms with E-state index < -0.39 is 12.2 Å². The molecule has 6 nitrogen and oxygen atoms in total. The topological polar surface area (TPSA) is 66.4 Å². The van der Waals surface area contributed by atoms with Gasteiger partial charge >= 0.3 is 0 Å². The quantitative estimate of drug-likeness (QED) is 0.189. The minimum atomic E-state index is -0.530. The molecular weight excluding hydrogens is 564 g/mol. The summed E-state index contributed by atoms with van der Waals surface area (Å²) in [7, 11) is 0. The average molecular weight is 601 g/mol. The predicted octanol–water partition coefficient (Wildman–Crippen LogP) is 6.98. The van der Waals surface area contributed by atoms with Crippen molar-refractivity contribution in [2.45, 2.75) is 63.7 Å². The second-order valence-corrected chi connectivity index (χ2v) is 11.4. The van der Waals surface area contributed by atoms with Gasteiger partial charge in [-0.15, -0.1) is 0 Å². The maximum atomic E-state index is 10.2. The lowest BCUT2D eigenvalue weighted by Crippen LogP contribution is -2.47. The van der Waals surface area contributed by atoms with E-state index in [0.717, 1.165) is 27.8 Å². The Morgan fingerprint density at radius 1 is 0.791 bits per heavy atom. The zero-order chi connectivity index (χ0) is 29.4. The third-order valence-electron chi connectivity index (χ3n) is 7.99. The second-order valence-electron chi connectivity index (χ2n) is 11.0. The maximum Gasteiger partial charge on any atom is 0.130 e. The normalized spacial score (nSPS) is 21.3. The largest absolute Gasteiger partial charge is 0.493 e. The first kappa shape index (κ1) is 29.8. The van der Waals surface area contributed by atoms with Gasteiger partial charge in [0.15, 0.2) is 0 Å². The van der Waals surface area contributed by atoms with Gasteiger partial charge in [0.05, 0.1) is 56.9 Å². The van der Waals surface area contributed by atoms with Crippen LogP contribution >= 0.6 is 11.6 Å². The van der Waals surface area contributed by atoms with E-state index in [1.165, 1.54) is 0 Å². The summed E-state index contributed by atoms with van der Waals surface area (Å²) in [5.74, 6) is 0.716. The van der Waals surface area contributed by atoms with Gasteiger partial charge in [-0.3, -0.25) is 0 Å². The first-order valence-corrected chi connectivity index (χ1v) is 15.2. The number of hydrogen-bond acceptors (Lipinski definition) is 6. The highest BCUT2D eigenvalue weighted by Gasteiger charge is 2.43. The Hall–Kier alpha value is -3.23. The highest BCUT2D eigenvalue weighted by molar-refractivity contribution is 6.32. The molecule has 7 heteroatoms. The van der Waals surface area contributed by atoms with Crippen LogP contribution in [0.1, 0.15) is 45.9 Å². The summed E-state index contributed by atoms with van der Waals surface area (Å²) >= 11 is 6.69. The van der Waals surface area contributed by atoms with Crippen molar-refractivity contribution in [1.29, 1.82) is 0 Å². The van der Waals surface area contributed by atoms with Crippen LogP contribution < -0.4 is 4.74 Å². The van der Waals surface area contributed by atoms with Crippen molar-refractivity contribution in [2.24, 2.45) is 0 Å². The second kappa shape index (κ2) is 14.5. The number of aliphatic hydroxyl groups excluding tert-OH is 1. The molecule has 0 radical (unpaired) electrons. The SMILES string of the molecule is OCc1cc(C2O[C@H](COCc3ccccc3)C[C@H](OCc3ccccc3)[C@H]2OCc2ccccc2)c2c(c1Cl)CCO2. The molecular formula is C36H37ClO6. The van der Waals surface area contributed by atoms with Crippen LogP contribution in [0.2, 0.25) is 5.02 Å². The van der Waals surface area contributed by atoms with Gasteiger partial charge in [0.25, 0.3) is 0 Å². The van der Waals surface area contributed by atoms with Crippen molar-refractivity contribution in [3.8, 4) is 5.75 Å². The molecule has 224 valence electrons. The first-order valence-electron chi connectivity index (χ1n) is 14.9. The number of hydrogen-bond donors (Lipinski definition) is 1. The van der Waals surface area contributed by atoms with Crippen molar-refractivity contribution in [2.75, 3.05) is 13.2 Å². The van der Waals surface area contributed by atoms with E-state index in [-0.39, 0.29) is 18.8 Å². The maximum absolute atomic E-state index is 10.2. The van der Waals surface area contributed by atoms with Crippen molar-refractivity contribution in [3.63, 3.8) is 0 Å². The minimum Gasteiger partial charge on any atom is -0.493 e. The zero-order valence-corrected chi connectivity index (χ0v) is 24.8. The van der Waals surface area contributed by atoms with Crippen molar-refractivity contribution >= 4 is 11.6 Å². The lowest BCUT2D eigenvalue weighted by Gasteiger charge is -2.42. The number of fused-ring (bicyclic) bond motifs is 1. The summed E-state index contributed by atoms with van der Waals surface area (Å²) in [4.78, 5) is 0. The molecule has 2 heterocycles. The molecule has 6 rings (SSSR count). The van der Waals surface area contributed by atoms with Crippen molar-refractivity contribution < 1.29 is 28.8 Å². The molecule has 4 aromatic rings. The summed E-state index contributed by atoms with van der Waals surface area (Å²) in [6.07, 6.45) is -0.251. The van der Waals surface area contributed by atoms with Crippen LogP contribution in [-0.4, -0.2) is 36.6 Å². The van der Waals surface area contributed by atoms with Crippen molar-refractivity contribution in [1.82, 2.24) is 0 Å². The van der Waals surface area contributed by atoms with Crippen LogP contribution in [0.5, 0.6) is 5.75 Å². The van der Waals surface area contributed by atoms with Gasteiger partial charge in [-0.05, 0) is 28.3 Å². The van der Waals surface area contributed by atoms with E-state index in [2.05, 4.69) is 24.3 Å². The highest BCUT2D eigenvalue weighted by atomic mass is 35.5. The van der Waals surface area contributed by atoms with Gasteiger partial charge < -0.3 is 28.8 Å². The summed E-state index contributed by atoms with van der Waals surface area (Å²) < 4.78 is 32.4. The van der Waals surface area contributed by atoms with Gasteiger partial charge in [-0.2, -0.15) is 0 Å². The van der Waals surface area contributed by atoms with Gasteiger partial charge in [0, 0.05) is 24.0 Å². The molecule has 2 aliphatic rings. The van der Waals surface area contributed by atoms with Crippen molar-refractivity contribution in [3.05, 3.63) is 135 Å². The van der Waals surface area contributed by atoms with E-state index in [1.54, 1.807) is 0 Å². The van der Waals surface area contributed by atoms with E-state index in [1.807, 2.05) is 72.8 Å². The Morgan fingerprint density at radius 2 is 1.40 bits per heavy atom. The Labute approximate surface area is 258 Å². The Bertz CT molecular complexity index is 1450. The lowest BCUT2D eigenvalue weighted by atomic mass is 9.90. The molecule has 0 spiro atoms. The van der Waals surface area contributed by atoms with Crippen LogP contribution in [0.3, 0.4) is 0 Å². The van der Waals surface area contributed by atoms with Crippen LogP contribution in [0.25, 0.3) is 0 Å². The molecule has 2 aliphatic heterocycles. The van der Waals surface area contributed by atoms with E-state index >= 15 is 0 Å². The molecule has 1 unspecified atom stereocenters. The standard InChI is InChI=1S/C36H37ClO6/c37-33-28(20-38)18-31(34-30(33)16-17-40-34)35-36(42-23-27-14-8-3-9-15-27)32(41-22-26-12-6-2-7-13-26)19-29(43-35)24-39-21-25-10-4-1-5-11-25/h1-15,18,29,32,35-36,38H,16-17,19-24H2/t29-,32-,35?,36+/m0/s1. The van der Waals surface area contributed by atoms with Crippen LogP contribution in [0.15, 0.2) is 97.1 Å². The molecule has 43 heavy (non-hydrogen) atoms. The number of aliphatic hydroxyl groups is 1. The first-order chi connectivity index (χ1) is 21.2. The Kier molecular flexibility index (Phi) is 10.1. The van der Waals surface area contributed by atoms with E-state index in [0.29, 0.717) is 62.2 Å². The van der Waals surface area contributed by atoms with Gasteiger partial charge in [-0.25, -0.2) is 0 Å². The molecule has 4 atom stereocenters. The molecule has 0 bridgehead atoms. The third kappa shape index (κ3) is 7.29. The molecule has 1 N–H and O–H groups in total. The number of benzene rings is 4. The third-order valence-corrected chi connectivity index (χ3v) is 8.47. The van der Waals surface area contributed by atoms with Gasteiger partial charge in [0.2, 0.25) is 0 Å². The van der Waals surface area contributed by atoms with E-state index in [9.17, 15) is 5.11 Å². The molecule has 1 fully saturated rings. The number of rotatable bonds is 12. The molecule has 0 amide bonds. The average Bonchev–Trinajstić information content (AvgIpc) is 3.56. The smallest absolute Gasteiger partial charge is 0.130 e. The molecule has 0 aliphatic carbocycles. The number of halogens is 1. The molecule has 4 aromatic carbocycles. The lowest BCUT2D eigenvalue weighted by molar-refractivity contribution is -0.219. The summed E-state index contributed by atoms with van der Waals surface area (Å²) in [5, 5.41) is 10.7. The molecule has 0 saturated carbocycles. The fraction of sp³-hybridized carbons (Fsp3) is 0.333. The fourth-order valence-corrected chi connectivity index (χ4v) is 6.12. The van der Waals surface area contributed by atoms with Crippen LogP contribution in [-0.2, 0) is 51.8 Å². The summed E-state index contributed by atoms with van der Waals surface area (Å²) in [6, 6.07) is 32.3. The highest BCUT2D eigenvalue weighted by Crippen LogP contribution is 2.46. The van der Waals surface area contributed by atoms with Crippen LogP contribution in [0, 0.1) is 0 Å². The zero-order valence-electron chi connectivity index (χ0n) is 24.1. The molecule has 0 aromatic heterocycles. The Balaban J connectivity index is 1.32. The van der Waals surface area contributed by atoms with Gasteiger partial charge in [-0.1, -0.05) is 103 Å². The van der Waals surface area contributed by atoms with Gasteiger partial charge in [0.1, 0.15) is 18.0 Å². The monoisotopic (exact) mass is 600 g/mol. The Morgan fingerprint density at radius 3 is 2.02 bits per heavy atom. The molecule has 1 saturated heterocycles. The fourth-order valence-electron chi connectivity index (χ4n) is 5.83. The predicted molar refractivity (Wildman–Crippen MR) is 165 cm³/mol. The number of ether oxygens (including phenoxy) is 5. The van der Waals surface area contributed by atoms with E-state index in [4.69, 9.17) is 35.3 Å². The van der Waals surface area contributed by atoms with Crippen LogP contribution in [0.4, 0.5) is 0 Å². The summed E-state index contributed by atoms with van der Waals surface area (Å²) in [6.45, 7) is 2.07. The minimum absolute atomic E-state index is 0.182.